The van der Waals surface area contributed by atoms with Gasteiger partial charge in [0, 0.05) is 19.0 Å². The third-order valence-electron chi connectivity index (χ3n) is 6.14. The molecular weight excluding hydrogens is 442 g/mol. The van der Waals surface area contributed by atoms with E-state index in [1.54, 1.807) is 27.9 Å². The molecule has 0 saturated carbocycles. The maximum absolute atomic E-state index is 13.4. The van der Waals surface area contributed by atoms with Crippen LogP contribution >= 0.6 is 23.1 Å². The number of carbonyl (C=O) groups is 1. The monoisotopic (exact) mass is 471 g/mol. The number of methoxy groups -OCH3 is 1. The number of nitrogens with zero attached hydrogens (tertiary/aromatic N) is 3. The zero-order valence-corrected chi connectivity index (χ0v) is 20.4. The molecule has 32 heavy (non-hydrogen) atoms. The molecule has 0 radical (unpaired) electrons. The summed E-state index contributed by atoms with van der Waals surface area (Å²) >= 11 is 2.97. The first-order chi connectivity index (χ1) is 15.5. The zero-order chi connectivity index (χ0) is 22.7. The molecule has 4 rings (SSSR count). The molecule has 6 nitrogen and oxygen atoms in total. The van der Waals surface area contributed by atoms with E-state index in [-0.39, 0.29) is 23.3 Å². The number of thiophene rings is 1. The van der Waals surface area contributed by atoms with Crippen LogP contribution in [0.25, 0.3) is 10.2 Å². The fraction of sp³-hybridized carbons (Fsp3) is 0.458. The lowest BCUT2D eigenvalue weighted by Crippen LogP contribution is -2.31. The van der Waals surface area contributed by atoms with Gasteiger partial charge in [0.15, 0.2) is 5.16 Å². The number of benzene rings is 1. The van der Waals surface area contributed by atoms with E-state index in [0.717, 1.165) is 35.0 Å². The van der Waals surface area contributed by atoms with Gasteiger partial charge in [-0.05, 0) is 43.7 Å². The minimum Gasteiger partial charge on any atom is -0.383 e. The summed E-state index contributed by atoms with van der Waals surface area (Å²) in [6, 6.07) is 9.95. The first kappa shape index (κ1) is 23.0. The average Bonchev–Trinajstić information content (AvgIpc) is 3.20. The fourth-order valence-electron chi connectivity index (χ4n) is 4.11. The molecule has 1 atom stereocenters. The lowest BCUT2D eigenvalue weighted by Gasteiger charge is -2.25. The maximum Gasteiger partial charge on any atom is 0.263 e. The Hall–Kier alpha value is -2.16. The molecule has 1 aromatic carbocycles. The summed E-state index contributed by atoms with van der Waals surface area (Å²) in [5.74, 6) is 0.230. The van der Waals surface area contributed by atoms with E-state index in [9.17, 15) is 9.59 Å². The molecule has 8 heteroatoms. The molecule has 1 aliphatic rings. The Labute approximate surface area is 196 Å². The van der Waals surface area contributed by atoms with Gasteiger partial charge >= 0.3 is 0 Å². The molecule has 2 heterocycles. The van der Waals surface area contributed by atoms with Crippen LogP contribution in [0.15, 0.2) is 40.3 Å². The summed E-state index contributed by atoms with van der Waals surface area (Å²) in [5.41, 5.74) is 2.27. The highest BCUT2D eigenvalue weighted by molar-refractivity contribution is 7.99. The van der Waals surface area contributed by atoms with Crippen molar-refractivity contribution in [3.63, 3.8) is 0 Å². The number of carbonyl (C=O) groups excluding carboxylic acids is 1. The van der Waals surface area contributed by atoms with Crippen LogP contribution in [0.1, 0.15) is 41.8 Å². The Kier molecular flexibility index (Phi) is 7.33. The van der Waals surface area contributed by atoms with Gasteiger partial charge in [0.1, 0.15) is 4.83 Å². The van der Waals surface area contributed by atoms with E-state index in [4.69, 9.17) is 9.72 Å². The number of rotatable bonds is 8. The van der Waals surface area contributed by atoms with Crippen molar-refractivity contribution < 1.29 is 9.53 Å². The normalized spacial score (nSPS) is 14.3. The van der Waals surface area contributed by atoms with Gasteiger partial charge in [-0.2, -0.15) is 0 Å². The molecule has 3 aromatic rings. The highest BCUT2D eigenvalue weighted by atomic mass is 32.2. The van der Waals surface area contributed by atoms with Crippen LogP contribution in [0.2, 0.25) is 0 Å². The predicted octanol–water partition coefficient (Wildman–Crippen LogP) is 4.29. The highest BCUT2D eigenvalue weighted by Crippen LogP contribution is 2.34. The Morgan fingerprint density at radius 1 is 1.28 bits per heavy atom. The van der Waals surface area contributed by atoms with Gasteiger partial charge in [-0.25, -0.2) is 4.98 Å². The minimum atomic E-state index is -0.0283. The van der Waals surface area contributed by atoms with Crippen LogP contribution in [0.4, 0.5) is 0 Å². The zero-order valence-electron chi connectivity index (χ0n) is 18.8. The van der Waals surface area contributed by atoms with Crippen molar-refractivity contribution in [3.05, 3.63) is 56.7 Å². The summed E-state index contributed by atoms with van der Waals surface area (Å²) in [5, 5.41) is 1.36. The summed E-state index contributed by atoms with van der Waals surface area (Å²) < 4.78 is 6.92. The topological polar surface area (TPSA) is 64.4 Å². The summed E-state index contributed by atoms with van der Waals surface area (Å²) in [7, 11) is 3.45. The highest BCUT2D eigenvalue weighted by Gasteiger charge is 2.23. The second-order valence-electron chi connectivity index (χ2n) is 8.11. The van der Waals surface area contributed by atoms with E-state index in [2.05, 4.69) is 0 Å². The second-order valence-corrected chi connectivity index (χ2v) is 10.1. The van der Waals surface area contributed by atoms with Gasteiger partial charge in [0.2, 0.25) is 5.91 Å². The molecule has 0 N–H and O–H groups in total. The van der Waals surface area contributed by atoms with E-state index < -0.39 is 0 Å². The molecule has 0 aliphatic heterocycles. The van der Waals surface area contributed by atoms with Gasteiger partial charge in [-0.3, -0.25) is 14.2 Å². The van der Waals surface area contributed by atoms with Crippen LogP contribution < -0.4 is 5.56 Å². The molecule has 1 unspecified atom stereocenters. The van der Waals surface area contributed by atoms with E-state index >= 15 is 0 Å². The third kappa shape index (κ3) is 4.63. The number of aryl methyl sites for hydroxylation is 2. The fourth-order valence-corrected chi connectivity index (χ4v) is 6.36. The van der Waals surface area contributed by atoms with Gasteiger partial charge in [0.05, 0.1) is 30.3 Å². The number of thioether (sulfide) groups is 1. The SMILES string of the molecule is COCCn1c(SCC(=O)N(C)C(C)c2ccccc2)nc2sc3c(c2c1=O)CCCC3. The molecule has 0 spiro atoms. The minimum absolute atomic E-state index is 0.00413. The predicted molar refractivity (Wildman–Crippen MR) is 131 cm³/mol. The molecule has 0 bridgehead atoms. The number of fused-ring (bicyclic) bond motifs is 3. The Bertz CT molecular complexity index is 1160. The van der Waals surface area contributed by atoms with Crippen LogP contribution in [0.5, 0.6) is 0 Å². The average molecular weight is 472 g/mol. The molecule has 0 fully saturated rings. The lowest BCUT2D eigenvalue weighted by molar-refractivity contribution is -0.128. The largest absolute Gasteiger partial charge is 0.383 e. The summed E-state index contributed by atoms with van der Waals surface area (Å²) in [6.07, 6.45) is 4.26. The first-order valence-electron chi connectivity index (χ1n) is 11.0. The van der Waals surface area contributed by atoms with Crippen LogP contribution in [0, 0.1) is 0 Å². The molecule has 0 saturated heterocycles. The van der Waals surface area contributed by atoms with Crippen molar-refractivity contribution in [1.29, 1.82) is 0 Å². The number of amides is 1. The van der Waals surface area contributed by atoms with Crippen molar-refractivity contribution in [2.45, 2.75) is 50.4 Å². The molecule has 1 amide bonds. The van der Waals surface area contributed by atoms with E-state index in [1.165, 1.54) is 28.6 Å². The standard InChI is InChI=1S/C24H29N3O3S2/c1-16(17-9-5-4-6-10-17)26(2)20(28)15-31-24-25-22-21(23(29)27(24)13-14-30-3)18-11-7-8-12-19(18)32-22/h4-6,9-10,16H,7-8,11-15H2,1-3H3. The van der Waals surface area contributed by atoms with Crippen LogP contribution in [-0.2, 0) is 28.9 Å². The van der Waals surface area contributed by atoms with Gasteiger partial charge in [0.25, 0.3) is 5.56 Å². The first-order valence-corrected chi connectivity index (χ1v) is 12.8. The maximum atomic E-state index is 13.4. The van der Waals surface area contributed by atoms with E-state index in [1.807, 2.05) is 44.3 Å². The van der Waals surface area contributed by atoms with Crippen molar-refractivity contribution in [1.82, 2.24) is 14.5 Å². The molecule has 2 aromatic heterocycles. The molecule has 170 valence electrons. The van der Waals surface area contributed by atoms with Crippen LogP contribution in [-0.4, -0.2) is 46.9 Å². The number of ether oxygens (including phenoxy) is 1. The van der Waals surface area contributed by atoms with Crippen LogP contribution in [0.3, 0.4) is 0 Å². The molecular formula is C24H29N3O3S2. The smallest absolute Gasteiger partial charge is 0.263 e. The summed E-state index contributed by atoms with van der Waals surface area (Å²) in [6.45, 7) is 2.87. The van der Waals surface area contributed by atoms with E-state index in [0.29, 0.717) is 18.3 Å². The van der Waals surface area contributed by atoms with Crippen molar-refractivity contribution in [2.24, 2.45) is 0 Å². The van der Waals surface area contributed by atoms with Crippen molar-refractivity contribution >= 4 is 39.2 Å². The van der Waals surface area contributed by atoms with Crippen molar-refractivity contribution in [3.8, 4) is 0 Å². The Balaban J connectivity index is 1.59. The number of aromatic nitrogens is 2. The van der Waals surface area contributed by atoms with Gasteiger partial charge < -0.3 is 9.64 Å². The Morgan fingerprint density at radius 2 is 2.03 bits per heavy atom. The third-order valence-corrected chi connectivity index (χ3v) is 8.29. The lowest BCUT2D eigenvalue weighted by atomic mass is 9.97. The molecule has 1 aliphatic carbocycles. The number of hydrogen-bond acceptors (Lipinski definition) is 6. The van der Waals surface area contributed by atoms with Crippen molar-refractivity contribution in [2.75, 3.05) is 26.5 Å². The number of hydrogen-bond donors (Lipinski definition) is 0. The summed E-state index contributed by atoms with van der Waals surface area (Å²) in [4.78, 5) is 35.1. The Morgan fingerprint density at radius 3 is 2.78 bits per heavy atom. The van der Waals surface area contributed by atoms with Gasteiger partial charge in [-0.15, -0.1) is 11.3 Å². The second kappa shape index (κ2) is 10.2. The van der Waals surface area contributed by atoms with Gasteiger partial charge in [-0.1, -0.05) is 42.1 Å². The quantitative estimate of drug-likeness (QED) is 0.362.